The number of ether oxygens (including phenoxy) is 1. The van der Waals surface area contributed by atoms with E-state index in [2.05, 4.69) is 0 Å². The highest BCUT2D eigenvalue weighted by atomic mass is 19.1. The zero-order valence-corrected chi connectivity index (χ0v) is 13.1. The molecule has 0 saturated heterocycles. The molecule has 0 atom stereocenters. The predicted molar refractivity (Wildman–Crippen MR) is 85.1 cm³/mol. The fourth-order valence-corrected chi connectivity index (χ4v) is 2.82. The highest BCUT2D eigenvalue weighted by molar-refractivity contribution is 5.94. The zero-order valence-electron chi connectivity index (χ0n) is 13.1. The SMILES string of the molecule is COc1ccc(/C=C\C(=O)N(CC(N)=O)C2CCCC2)cc1F. The Morgan fingerprint density at radius 3 is 2.65 bits per heavy atom. The van der Waals surface area contributed by atoms with Crippen molar-refractivity contribution in [3.63, 3.8) is 0 Å². The molecule has 2 amide bonds. The molecule has 23 heavy (non-hydrogen) atoms. The van der Waals surface area contributed by atoms with Crippen LogP contribution >= 0.6 is 0 Å². The van der Waals surface area contributed by atoms with E-state index in [-0.39, 0.29) is 24.2 Å². The minimum atomic E-state index is -0.533. The van der Waals surface area contributed by atoms with Crippen LogP contribution in [0.4, 0.5) is 4.39 Å². The van der Waals surface area contributed by atoms with E-state index in [9.17, 15) is 14.0 Å². The molecule has 0 bridgehead atoms. The molecule has 6 heteroatoms. The number of hydrogen-bond donors (Lipinski definition) is 1. The van der Waals surface area contributed by atoms with Gasteiger partial charge in [-0.15, -0.1) is 0 Å². The molecule has 1 saturated carbocycles. The number of amides is 2. The molecular weight excluding hydrogens is 299 g/mol. The summed E-state index contributed by atoms with van der Waals surface area (Å²) in [7, 11) is 1.39. The van der Waals surface area contributed by atoms with E-state index in [1.807, 2.05) is 0 Å². The Hall–Kier alpha value is -2.37. The molecule has 0 heterocycles. The van der Waals surface area contributed by atoms with Gasteiger partial charge < -0.3 is 15.4 Å². The van der Waals surface area contributed by atoms with E-state index >= 15 is 0 Å². The predicted octanol–water partition coefficient (Wildman–Crippen LogP) is 2.10. The van der Waals surface area contributed by atoms with Crippen molar-refractivity contribution in [3.8, 4) is 5.75 Å². The largest absolute Gasteiger partial charge is 0.494 e. The van der Waals surface area contributed by atoms with E-state index in [4.69, 9.17) is 10.5 Å². The highest BCUT2D eigenvalue weighted by Gasteiger charge is 2.26. The van der Waals surface area contributed by atoms with Crippen LogP contribution in [0, 0.1) is 5.82 Å². The Bertz CT molecular complexity index is 610. The van der Waals surface area contributed by atoms with Gasteiger partial charge in [0.05, 0.1) is 13.7 Å². The molecule has 1 aromatic rings. The van der Waals surface area contributed by atoms with Crippen LogP contribution in [0.15, 0.2) is 24.3 Å². The summed E-state index contributed by atoms with van der Waals surface area (Å²) in [5, 5.41) is 0. The number of methoxy groups -OCH3 is 1. The van der Waals surface area contributed by atoms with Crippen molar-refractivity contribution < 1.29 is 18.7 Å². The molecule has 0 spiro atoms. The van der Waals surface area contributed by atoms with Crippen molar-refractivity contribution in [2.75, 3.05) is 13.7 Å². The summed E-state index contributed by atoms with van der Waals surface area (Å²) in [6, 6.07) is 4.49. The Balaban J connectivity index is 2.10. The monoisotopic (exact) mass is 320 g/mol. The van der Waals surface area contributed by atoms with Crippen LogP contribution in [-0.2, 0) is 9.59 Å². The molecule has 0 aliphatic heterocycles. The van der Waals surface area contributed by atoms with E-state index in [0.29, 0.717) is 5.56 Å². The van der Waals surface area contributed by atoms with Gasteiger partial charge in [0.1, 0.15) is 0 Å². The van der Waals surface area contributed by atoms with Crippen molar-refractivity contribution in [2.24, 2.45) is 5.73 Å². The summed E-state index contributed by atoms with van der Waals surface area (Å²) in [5.74, 6) is -1.16. The Morgan fingerprint density at radius 2 is 2.09 bits per heavy atom. The quantitative estimate of drug-likeness (QED) is 0.816. The number of hydrogen-bond acceptors (Lipinski definition) is 3. The van der Waals surface area contributed by atoms with Crippen molar-refractivity contribution in [1.29, 1.82) is 0 Å². The second-order valence-corrected chi connectivity index (χ2v) is 5.60. The fraction of sp³-hybridized carbons (Fsp3) is 0.412. The van der Waals surface area contributed by atoms with Gasteiger partial charge in [-0.2, -0.15) is 0 Å². The Labute approximate surface area is 134 Å². The van der Waals surface area contributed by atoms with Gasteiger partial charge >= 0.3 is 0 Å². The lowest BCUT2D eigenvalue weighted by Crippen LogP contribution is -2.43. The second kappa shape index (κ2) is 7.76. The average molecular weight is 320 g/mol. The molecule has 1 fully saturated rings. The van der Waals surface area contributed by atoms with Crippen molar-refractivity contribution in [2.45, 2.75) is 31.7 Å². The number of rotatable bonds is 6. The van der Waals surface area contributed by atoms with Crippen LogP contribution in [-0.4, -0.2) is 36.4 Å². The maximum Gasteiger partial charge on any atom is 0.247 e. The summed E-state index contributed by atoms with van der Waals surface area (Å²) >= 11 is 0. The summed E-state index contributed by atoms with van der Waals surface area (Å²) < 4.78 is 18.5. The van der Waals surface area contributed by atoms with Crippen LogP contribution in [0.25, 0.3) is 6.08 Å². The first-order chi connectivity index (χ1) is 11.0. The number of halogens is 1. The normalized spacial score (nSPS) is 15.0. The minimum Gasteiger partial charge on any atom is -0.494 e. The number of primary amides is 1. The zero-order chi connectivity index (χ0) is 16.8. The van der Waals surface area contributed by atoms with E-state index in [1.54, 1.807) is 6.07 Å². The smallest absolute Gasteiger partial charge is 0.247 e. The van der Waals surface area contributed by atoms with Crippen LogP contribution in [0.1, 0.15) is 31.2 Å². The highest BCUT2D eigenvalue weighted by Crippen LogP contribution is 2.24. The molecule has 5 nitrogen and oxygen atoms in total. The maximum absolute atomic E-state index is 13.6. The van der Waals surface area contributed by atoms with Gasteiger partial charge in [-0.1, -0.05) is 18.9 Å². The van der Waals surface area contributed by atoms with Gasteiger partial charge in [0, 0.05) is 12.1 Å². The molecular formula is C17H21FN2O3. The number of carbonyl (C=O) groups is 2. The first-order valence-corrected chi connectivity index (χ1v) is 7.62. The lowest BCUT2D eigenvalue weighted by molar-refractivity contribution is -0.133. The molecule has 1 aliphatic carbocycles. The average Bonchev–Trinajstić information content (AvgIpc) is 3.04. The third kappa shape index (κ3) is 4.55. The van der Waals surface area contributed by atoms with Gasteiger partial charge in [0.2, 0.25) is 11.8 Å². The third-order valence-electron chi connectivity index (χ3n) is 3.97. The molecule has 2 rings (SSSR count). The van der Waals surface area contributed by atoms with Crippen LogP contribution < -0.4 is 10.5 Å². The van der Waals surface area contributed by atoms with E-state index < -0.39 is 11.7 Å². The van der Waals surface area contributed by atoms with Crippen molar-refractivity contribution in [1.82, 2.24) is 4.90 Å². The van der Waals surface area contributed by atoms with Crippen molar-refractivity contribution >= 4 is 17.9 Å². The van der Waals surface area contributed by atoms with Crippen molar-refractivity contribution in [3.05, 3.63) is 35.7 Å². The summed E-state index contributed by atoms with van der Waals surface area (Å²) in [5.41, 5.74) is 5.78. The standard InChI is InChI=1S/C17H21FN2O3/c1-23-15-8-6-12(10-14(15)18)7-9-17(22)20(11-16(19)21)13-4-2-3-5-13/h6-10,13H,2-5,11H2,1H3,(H2,19,21)/b9-7-. The van der Waals surface area contributed by atoms with Gasteiger partial charge in [-0.05, 0) is 36.6 Å². The second-order valence-electron chi connectivity index (χ2n) is 5.60. The molecule has 2 N–H and O–H groups in total. The van der Waals surface area contributed by atoms with Crippen LogP contribution in [0.5, 0.6) is 5.75 Å². The Kier molecular flexibility index (Phi) is 5.73. The lowest BCUT2D eigenvalue weighted by atomic mass is 10.1. The molecule has 1 aliphatic rings. The molecule has 0 aromatic heterocycles. The minimum absolute atomic E-state index is 0.0484. The Morgan fingerprint density at radius 1 is 1.39 bits per heavy atom. The van der Waals surface area contributed by atoms with Crippen LogP contribution in [0.2, 0.25) is 0 Å². The van der Waals surface area contributed by atoms with Gasteiger partial charge in [-0.3, -0.25) is 9.59 Å². The third-order valence-corrected chi connectivity index (χ3v) is 3.97. The van der Waals surface area contributed by atoms with Gasteiger partial charge in [0.25, 0.3) is 0 Å². The van der Waals surface area contributed by atoms with E-state index in [0.717, 1.165) is 25.7 Å². The number of benzene rings is 1. The van der Waals surface area contributed by atoms with Gasteiger partial charge in [0.15, 0.2) is 11.6 Å². The first-order valence-electron chi connectivity index (χ1n) is 7.62. The summed E-state index contributed by atoms with van der Waals surface area (Å²) in [4.78, 5) is 25.1. The first kappa shape index (κ1) is 17.0. The van der Waals surface area contributed by atoms with E-state index in [1.165, 1.54) is 36.3 Å². The number of nitrogens with two attached hydrogens (primary N) is 1. The lowest BCUT2D eigenvalue weighted by Gasteiger charge is -2.26. The summed E-state index contributed by atoms with van der Waals surface area (Å²) in [6.07, 6.45) is 6.71. The topological polar surface area (TPSA) is 72.6 Å². The number of nitrogens with zero attached hydrogens (tertiary/aromatic N) is 1. The number of carbonyl (C=O) groups excluding carboxylic acids is 2. The van der Waals surface area contributed by atoms with Crippen LogP contribution in [0.3, 0.4) is 0 Å². The molecule has 1 aromatic carbocycles. The molecule has 0 radical (unpaired) electrons. The maximum atomic E-state index is 13.6. The van der Waals surface area contributed by atoms with Gasteiger partial charge in [-0.25, -0.2) is 4.39 Å². The fourth-order valence-electron chi connectivity index (χ4n) is 2.82. The molecule has 0 unspecified atom stereocenters. The molecule has 124 valence electrons. The summed E-state index contributed by atoms with van der Waals surface area (Å²) in [6.45, 7) is -0.0924.